The monoisotopic (exact) mass is 386 g/mol. The zero-order valence-electron chi connectivity index (χ0n) is 13.3. The number of halogens is 2. The fraction of sp³-hybridized carbons (Fsp3) is 0.188. The number of sulfonamides is 1. The number of nitrogens with zero attached hydrogens (tertiary/aromatic N) is 1. The van der Waals surface area contributed by atoms with Crippen molar-refractivity contribution in [2.45, 2.75) is 18.7 Å². The first-order valence-corrected chi connectivity index (χ1v) is 9.18. The van der Waals surface area contributed by atoms with Gasteiger partial charge in [0.1, 0.15) is 4.90 Å². The highest BCUT2D eigenvalue weighted by Crippen LogP contribution is 2.29. The van der Waals surface area contributed by atoms with Gasteiger partial charge in [0.15, 0.2) is 0 Å². The van der Waals surface area contributed by atoms with Crippen molar-refractivity contribution in [1.82, 2.24) is 0 Å². The van der Waals surface area contributed by atoms with Crippen molar-refractivity contribution >= 4 is 50.5 Å². The lowest BCUT2D eigenvalue weighted by Crippen LogP contribution is -2.22. The number of amides is 1. The Morgan fingerprint density at radius 2 is 1.67 bits per heavy atom. The maximum absolute atomic E-state index is 12.5. The Balaban J connectivity index is 2.30. The van der Waals surface area contributed by atoms with Crippen molar-refractivity contribution in [2.75, 3.05) is 16.7 Å². The number of anilines is 2. The third-order valence-corrected chi connectivity index (χ3v) is 5.74. The van der Waals surface area contributed by atoms with Crippen LogP contribution in [0.2, 0.25) is 10.0 Å². The van der Waals surface area contributed by atoms with E-state index < -0.39 is 10.0 Å². The number of aryl methyl sites for hydroxylation is 1. The van der Waals surface area contributed by atoms with Crippen LogP contribution in [0.5, 0.6) is 0 Å². The van der Waals surface area contributed by atoms with Gasteiger partial charge in [-0.15, -0.1) is 0 Å². The molecule has 8 heteroatoms. The first kappa shape index (κ1) is 18.6. The Labute approximate surface area is 151 Å². The van der Waals surface area contributed by atoms with E-state index in [4.69, 9.17) is 23.2 Å². The summed E-state index contributed by atoms with van der Waals surface area (Å²) in [5, 5.41) is 0.446. The minimum Gasteiger partial charge on any atom is -0.316 e. The van der Waals surface area contributed by atoms with E-state index in [-0.39, 0.29) is 15.8 Å². The molecule has 24 heavy (non-hydrogen) atoms. The molecule has 1 amide bonds. The second-order valence-corrected chi connectivity index (χ2v) is 7.73. The van der Waals surface area contributed by atoms with E-state index in [1.807, 2.05) is 0 Å². The second-order valence-electron chi connectivity index (χ2n) is 5.26. The Kier molecular flexibility index (Phi) is 5.42. The van der Waals surface area contributed by atoms with E-state index in [1.165, 1.54) is 24.0 Å². The predicted molar refractivity (Wildman–Crippen MR) is 97.5 cm³/mol. The molecule has 0 atom stereocenters. The zero-order chi connectivity index (χ0) is 18.1. The van der Waals surface area contributed by atoms with Crippen LogP contribution >= 0.6 is 23.2 Å². The quantitative estimate of drug-likeness (QED) is 0.860. The summed E-state index contributed by atoms with van der Waals surface area (Å²) in [7, 11) is -2.22. The number of carbonyl (C=O) groups excluding carboxylic acids is 1. The lowest BCUT2D eigenvalue weighted by atomic mass is 10.2. The summed E-state index contributed by atoms with van der Waals surface area (Å²) in [5.74, 6) is -0.119. The van der Waals surface area contributed by atoms with Crippen molar-refractivity contribution in [2.24, 2.45) is 0 Å². The van der Waals surface area contributed by atoms with Gasteiger partial charge < -0.3 is 4.90 Å². The summed E-state index contributed by atoms with van der Waals surface area (Å²) in [6.07, 6.45) is 0. The standard InChI is InChI=1S/C16H16Cl2N2O3S/c1-10-8-16(15(18)9-14(10)17)24(22,23)19-12-4-6-13(7-5-12)20(3)11(2)21/h4-9,19H,1-3H3. The third kappa shape index (κ3) is 4.01. The molecule has 2 aromatic rings. The Morgan fingerprint density at radius 3 is 2.21 bits per heavy atom. The van der Waals surface area contributed by atoms with Crippen LogP contribution < -0.4 is 9.62 Å². The van der Waals surface area contributed by atoms with Crippen molar-refractivity contribution in [3.63, 3.8) is 0 Å². The molecule has 0 saturated heterocycles. The SMILES string of the molecule is CC(=O)N(C)c1ccc(NS(=O)(=O)c2cc(C)c(Cl)cc2Cl)cc1. The molecule has 2 rings (SSSR count). The maximum Gasteiger partial charge on any atom is 0.263 e. The smallest absolute Gasteiger partial charge is 0.263 e. The summed E-state index contributed by atoms with van der Waals surface area (Å²) >= 11 is 11.9. The Morgan fingerprint density at radius 1 is 1.08 bits per heavy atom. The van der Waals surface area contributed by atoms with E-state index in [1.54, 1.807) is 38.2 Å². The molecule has 0 fully saturated rings. The Hall–Kier alpha value is -1.76. The largest absolute Gasteiger partial charge is 0.316 e. The molecule has 0 unspecified atom stereocenters. The van der Waals surface area contributed by atoms with Crippen molar-refractivity contribution in [3.8, 4) is 0 Å². The maximum atomic E-state index is 12.5. The molecule has 0 aliphatic rings. The van der Waals surface area contributed by atoms with E-state index in [9.17, 15) is 13.2 Å². The lowest BCUT2D eigenvalue weighted by Gasteiger charge is -2.16. The van der Waals surface area contributed by atoms with E-state index in [0.29, 0.717) is 22.0 Å². The fourth-order valence-electron chi connectivity index (χ4n) is 1.98. The predicted octanol–water partition coefficient (Wildman–Crippen LogP) is 4.09. The molecule has 0 aromatic heterocycles. The molecule has 0 aliphatic heterocycles. The average Bonchev–Trinajstić information content (AvgIpc) is 2.50. The van der Waals surface area contributed by atoms with E-state index in [0.717, 1.165) is 0 Å². The van der Waals surface area contributed by atoms with Crippen LogP contribution in [-0.4, -0.2) is 21.4 Å². The van der Waals surface area contributed by atoms with Crippen molar-refractivity contribution in [1.29, 1.82) is 0 Å². The molecule has 0 spiro atoms. The molecule has 0 aliphatic carbocycles. The van der Waals surface area contributed by atoms with Gasteiger partial charge in [-0.25, -0.2) is 8.42 Å². The Bertz CT molecular complexity index is 881. The molecule has 0 bridgehead atoms. The fourth-order valence-corrected chi connectivity index (χ4v) is 3.87. The van der Waals surface area contributed by atoms with Crippen LogP contribution in [0, 0.1) is 6.92 Å². The van der Waals surface area contributed by atoms with Gasteiger partial charge in [0.25, 0.3) is 10.0 Å². The average molecular weight is 387 g/mol. The van der Waals surface area contributed by atoms with Crippen molar-refractivity contribution in [3.05, 3.63) is 52.0 Å². The first-order valence-electron chi connectivity index (χ1n) is 6.94. The number of carbonyl (C=O) groups is 1. The summed E-state index contributed by atoms with van der Waals surface area (Å²) in [5.41, 5.74) is 1.63. The second kappa shape index (κ2) is 7.01. The number of benzene rings is 2. The molecule has 0 radical (unpaired) electrons. The molecular weight excluding hydrogens is 371 g/mol. The van der Waals surface area contributed by atoms with Gasteiger partial charge in [0, 0.05) is 30.4 Å². The molecule has 2 aromatic carbocycles. The molecule has 5 nitrogen and oxygen atoms in total. The highest BCUT2D eigenvalue weighted by atomic mass is 35.5. The summed E-state index contributed by atoms with van der Waals surface area (Å²) in [6, 6.07) is 9.26. The van der Waals surface area contributed by atoms with Crippen molar-refractivity contribution < 1.29 is 13.2 Å². The number of nitrogens with one attached hydrogen (secondary N) is 1. The van der Waals surface area contributed by atoms with E-state index in [2.05, 4.69) is 4.72 Å². The summed E-state index contributed by atoms with van der Waals surface area (Å²) in [6.45, 7) is 3.14. The minimum absolute atomic E-state index is 0.0454. The van der Waals surface area contributed by atoms with Crippen LogP contribution in [0.15, 0.2) is 41.3 Å². The third-order valence-electron chi connectivity index (χ3n) is 3.48. The highest BCUT2D eigenvalue weighted by molar-refractivity contribution is 7.92. The van der Waals surface area contributed by atoms with Crippen LogP contribution in [0.25, 0.3) is 0 Å². The summed E-state index contributed by atoms with van der Waals surface area (Å²) in [4.78, 5) is 12.7. The number of hydrogen-bond donors (Lipinski definition) is 1. The summed E-state index contributed by atoms with van der Waals surface area (Å²) < 4.78 is 27.5. The molecular formula is C16H16Cl2N2O3S. The van der Waals surface area contributed by atoms with Crippen LogP contribution in [-0.2, 0) is 14.8 Å². The molecule has 1 N–H and O–H groups in total. The van der Waals surface area contributed by atoms with Crippen LogP contribution in [0.1, 0.15) is 12.5 Å². The van der Waals surface area contributed by atoms with Gasteiger partial charge in [-0.1, -0.05) is 23.2 Å². The van der Waals surface area contributed by atoms with E-state index >= 15 is 0 Å². The van der Waals surface area contributed by atoms with Gasteiger partial charge in [0.2, 0.25) is 5.91 Å². The van der Waals surface area contributed by atoms with Gasteiger partial charge in [-0.3, -0.25) is 9.52 Å². The number of hydrogen-bond acceptors (Lipinski definition) is 3. The molecule has 0 heterocycles. The van der Waals surface area contributed by atoms with Gasteiger partial charge in [0.05, 0.1) is 5.02 Å². The molecule has 0 saturated carbocycles. The lowest BCUT2D eigenvalue weighted by molar-refractivity contribution is -0.116. The number of rotatable bonds is 4. The zero-order valence-corrected chi connectivity index (χ0v) is 15.6. The topological polar surface area (TPSA) is 66.5 Å². The van der Waals surface area contributed by atoms with Gasteiger partial charge >= 0.3 is 0 Å². The first-order chi connectivity index (χ1) is 11.1. The van der Waals surface area contributed by atoms with Crippen LogP contribution in [0.3, 0.4) is 0 Å². The highest BCUT2D eigenvalue weighted by Gasteiger charge is 2.19. The van der Waals surface area contributed by atoms with Gasteiger partial charge in [-0.05, 0) is 48.9 Å². The minimum atomic E-state index is -3.85. The molecule has 128 valence electrons. The normalized spacial score (nSPS) is 11.2. The van der Waals surface area contributed by atoms with Crippen LogP contribution in [0.4, 0.5) is 11.4 Å². The van der Waals surface area contributed by atoms with Gasteiger partial charge in [-0.2, -0.15) is 0 Å².